The van der Waals surface area contributed by atoms with Crippen LogP contribution in [0, 0.1) is 5.82 Å². The molecular weight excluding hydrogens is 599 g/mol. The fourth-order valence-corrected chi connectivity index (χ4v) is 6.12. The maximum Gasteiger partial charge on any atom is 0.338 e. The van der Waals surface area contributed by atoms with E-state index in [4.69, 9.17) is 26.1 Å². The molecule has 0 saturated heterocycles. The summed E-state index contributed by atoms with van der Waals surface area (Å²) in [6.07, 6.45) is 1.77. The number of aromatic nitrogens is 1. The highest BCUT2D eigenvalue weighted by Gasteiger charge is 2.35. The molecular formula is C35H26ClFN2O4S. The maximum absolute atomic E-state index is 14.1. The standard InChI is InChI=1S/C35H26ClFN2O4S/c1-2-42-34(41)30-31(24-8-4-3-5-9-24)38-35-39(32(30)25-13-17-27(37)18-14-25)33(40)29(44-35)20-23-7-6-10-28(19-23)43-21-22-11-15-26(36)16-12-22/h3-20,32H,2,21H2,1H3/b29-20+/t32-/m0/s1. The fraction of sp³-hybridized carbons (Fsp3) is 0.114. The Hall–Kier alpha value is -4.79. The highest BCUT2D eigenvalue weighted by atomic mass is 35.5. The lowest BCUT2D eigenvalue weighted by Crippen LogP contribution is -2.40. The van der Waals surface area contributed by atoms with E-state index in [0.29, 0.717) is 43.5 Å². The van der Waals surface area contributed by atoms with Gasteiger partial charge < -0.3 is 9.47 Å². The van der Waals surface area contributed by atoms with E-state index in [1.54, 1.807) is 25.1 Å². The molecule has 1 atom stereocenters. The molecule has 6 rings (SSSR count). The lowest BCUT2D eigenvalue weighted by atomic mass is 9.93. The topological polar surface area (TPSA) is 69.9 Å². The van der Waals surface area contributed by atoms with Crippen molar-refractivity contribution in [3.8, 4) is 5.75 Å². The van der Waals surface area contributed by atoms with Gasteiger partial charge in [-0.2, -0.15) is 0 Å². The molecule has 2 heterocycles. The van der Waals surface area contributed by atoms with Gasteiger partial charge in [0.05, 0.1) is 28.5 Å². The van der Waals surface area contributed by atoms with Gasteiger partial charge in [-0.15, -0.1) is 0 Å². The zero-order valence-corrected chi connectivity index (χ0v) is 25.1. The number of carbonyl (C=O) groups excluding carboxylic acids is 1. The van der Waals surface area contributed by atoms with E-state index >= 15 is 0 Å². The van der Waals surface area contributed by atoms with Crippen LogP contribution >= 0.6 is 22.9 Å². The second-order valence-corrected chi connectivity index (χ2v) is 11.4. The summed E-state index contributed by atoms with van der Waals surface area (Å²) in [5.74, 6) is -0.380. The van der Waals surface area contributed by atoms with Crippen molar-refractivity contribution >= 4 is 40.7 Å². The van der Waals surface area contributed by atoms with Crippen LogP contribution in [0.2, 0.25) is 5.02 Å². The molecule has 0 N–H and O–H groups in total. The van der Waals surface area contributed by atoms with Crippen molar-refractivity contribution < 1.29 is 18.7 Å². The zero-order chi connectivity index (χ0) is 30.6. The van der Waals surface area contributed by atoms with Gasteiger partial charge in [-0.3, -0.25) is 9.36 Å². The van der Waals surface area contributed by atoms with Crippen LogP contribution < -0.4 is 19.6 Å². The normalized spacial score (nSPS) is 14.6. The van der Waals surface area contributed by atoms with Crippen molar-refractivity contribution in [1.29, 1.82) is 0 Å². The van der Waals surface area contributed by atoms with E-state index in [1.165, 1.54) is 28.0 Å². The first-order valence-corrected chi connectivity index (χ1v) is 15.1. The molecule has 44 heavy (non-hydrogen) atoms. The molecule has 0 fully saturated rings. The summed E-state index contributed by atoms with van der Waals surface area (Å²) >= 11 is 7.20. The number of benzene rings is 4. The molecule has 0 bridgehead atoms. The van der Waals surface area contributed by atoms with Gasteiger partial charge in [-0.1, -0.05) is 89.7 Å². The first kappa shape index (κ1) is 29.3. The molecule has 6 nitrogen and oxygen atoms in total. The molecule has 220 valence electrons. The van der Waals surface area contributed by atoms with Crippen molar-refractivity contribution in [2.45, 2.75) is 19.6 Å². The van der Waals surface area contributed by atoms with E-state index in [9.17, 15) is 14.0 Å². The average Bonchev–Trinajstić information content (AvgIpc) is 3.35. The first-order chi connectivity index (χ1) is 21.4. The summed E-state index contributed by atoms with van der Waals surface area (Å²) in [5.41, 5.74) is 3.28. The van der Waals surface area contributed by atoms with Gasteiger partial charge in [0.2, 0.25) is 0 Å². The molecule has 0 unspecified atom stereocenters. The third kappa shape index (κ3) is 6.13. The number of ether oxygens (including phenoxy) is 2. The van der Waals surface area contributed by atoms with Crippen molar-refractivity contribution in [3.05, 3.63) is 161 Å². The average molecular weight is 625 g/mol. The van der Waals surface area contributed by atoms with Gasteiger partial charge in [-0.25, -0.2) is 14.2 Å². The van der Waals surface area contributed by atoms with Gasteiger partial charge in [-0.05, 0) is 66.1 Å². The molecule has 1 aliphatic heterocycles. The Morgan fingerprint density at radius 1 is 1.00 bits per heavy atom. The van der Waals surface area contributed by atoms with Gasteiger partial charge in [0.1, 0.15) is 18.2 Å². The van der Waals surface area contributed by atoms with E-state index in [1.807, 2.05) is 78.9 Å². The van der Waals surface area contributed by atoms with Gasteiger partial charge in [0.25, 0.3) is 5.56 Å². The van der Waals surface area contributed by atoms with E-state index in [0.717, 1.165) is 11.1 Å². The largest absolute Gasteiger partial charge is 0.489 e. The second-order valence-electron chi connectivity index (χ2n) is 9.97. The molecule has 0 spiro atoms. The van der Waals surface area contributed by atoms with Crippen LogP contribution in [0.15, 0.2) is 118 Å². The molecule has 0 aliphatic carbocycles. The molecule has 1 aromatic heterocycles. The van der Waals surface area contributed by atoms with Crippen LogP contribution in [0.5, 0.6) is 5.75 Å². The van der Waals surface area contributed by atoms with E-state index in [-0.39, 0.29) is 17.7 Å². The van der Waals surface area contributed by atoms with Crippen molar-refractivity contribution in [2.75, 3.05) is 6.61 Å². The number of carbonyl (C=O) groups is 1. The summed E-state index contributed by atoms with van der Waals surface area (Å²) in [4.78, 5) is 32.8. The van der Waals surface area contributed by atoms with Crippen LogP contribution in [0.4, 0.5) is 4.39 Å². The van der Waals surface area contributed by atoms with Gasteiger partial charge in [0, 0.05) is 10.6 Å². The molecule has 0 amide bonds. The Labute approximate surface area is 261 Å². The Kier molecular flexibility index (Phi) is 8.54. The highest BCUT2D eigenvalue weighted by molar-refractivity contribution is 7.07. The Morgan fingerprint density at radius 3 is 2.48 bits per heavy atom. The number of hydrogen-bond acceptors (Lipinski definition) is 6. The third-order valence-electron chi connectivity index (χ3n) is 7.03. The number of nitrogens with zero attached hydrogens (tertiary/aromatic N) is 2. The number of esters is 1. The molecule has 5 aromatic rings. The lowest BCUT2D eigenvalue weighted by molar-refractivity contribution is -0.138. The van der Waals surface area contributed by atoms with Gasteiger partial charge in [0.15, 0.2) is 4.80 Å². The molecule has 0 saturated carbocycles. The Bertz CT molecular complexity index is 2040. The van der Waals surface area contributed by atoms with Gasteiger partial charge >= 0.3 is 5.97 Å². The number of fused-ring (bicyclic) bond motifs is 1. The zero-order valence-electron chi connectivity index (χ0n) is 23.6. The fourth-order valence-electron chi connectivity index (χ4n) is 4.99. The Morgan fingerprint density at radius 2 is 1.75 bits per heavy atom. The van der Waals surface area contributed by atoms with Crippen molar-refractivity contribution in [3.63, 3.8) is 0 Å². The SMILES string of the molecule is CCOC(=O)C1=C(c2ccccc2)N=c2s/c(=C/c3cccc(OCc4ccc(Cl)cc4)c3)c(=O)n2[C@H]1c1ccc(F)cc1. The molecule has 4 aromatic carbocycles. The second kappa shape index (κ2) is 12.8. The minimum atomic E-state index is -0.878. The Balaban J connectivity index is 1.47. The van der Waals surface area contributed by atoms with Crippen LogP contribution in [-0.2, 0) is 16.1 Å². The van der Waals surface area contributed by atoms with E-state index < -0.39 is 17.8 Å². The van der Waals surface area contributed by atoms with Crippen LogP contribution in [0.1, 0.15) is 35.2 Å². The molecule has 1 aliphatic rings. The summed E-state index contributed by atoms with van der Waals surface area (Å²) in [6.45, 7) is 2.22. The first-order valence-electron chi connectivity index (χ1n) is 13.9. The minimum absolute atomic E-state index is 0.140. The molecule has 0 radical (unpaired) electrons. The molecule has 9 heteroatoms. The predicted octanol–water partition coefficient (Wildman–Crippen LogP) is 6.31. The predicted molar refractivity (Wildman–Crippen MR) is 170 cm³/mol. The maximum atomic E-state index is 14.1. The van der Waals surface area contributed by atoms with Crippen LogP contribution in [0.3, 0.4) is 0 Å². The smallest absolute Gasteiger partial charge is 0.338 e. The van der Waals surface area contributed by atoms with Crippen molar-refractivity contribution in [1.82, 2.24) is 4.57 Å². The number of rotatable bonds is 8. The number of thiazole rings is 1. The lowest BCUT2D eigenvalue weighted by Gasteiger charge is -2.25. The highest BCUT2D eigenvalue weighted by Crippen LogP contribution is 2.35. The minimum Gasteiger partial charge on any atom is -0.489 e. The summed E-state index contributed by atoms with van der Waals surface area (Å²) < 4.78 is 27.3. The third-order valence-corrected chi connectivity index (χ3v) is 8.27. The number of hydrogen-bond donors (Lipinski definition) is 0. The summed E-state index contributed by atoms with van der Waals surface area (Å²) in [6, 6.07) is 29.0. The monoisotopic (exact) mass is 624 g/mol. The van der Waals surface area contributed by atoms with E-state index in [2.05, 4.69) is 0 Å². The quantitative estimate of drug-likeness (QED) is 0.190. The number of halogens is 2. The summed E-state index contributed by atoms with van der Waals surface area (Å²) in [7, 11) is 0. The van der Waals surface area contributed by atoms with Crippen LogP contribution in [-0.4, -0.2) is 17.1 Å². The van der Waals surface area contributed by atoms with Crippen LogP contribution in [0.25, 0.3) is 11.8 Å². The van der Waals surface area contributed by atoms with Crippen molar-refractivity contribution in [2.24, 2.45) is 4.99 Å². The summed E-state index contributed by atoms with van der Waals surface area (Å²) in [5, 5.41) is 0.657.